The molecule has 0 saturated carbocycles. The fourth-order valence-corrected chi connectivity index (χ4v) is 3.35. The minimum absolute atomic E-state index is 0.103. The molecule has 22 heavy (non-hydrogen) atoms. The molecule has 5 heteroatoms. The van der Waals surface area contributed by atoms with Crippen molar-refractivity contribution in [3.63, 3.8) is 0 Å². The van der Waals surface area contributed by atoms with Crippen LogP contribution in [0.15, 0.2) is 24.3 Å². The molecule has 1 aliphatic carbocycles. The highest BCUT2D eigenvalue weighted by Gasteiger charge is 2.35. The number of amides is 3. The normalized spacial score (nSPS) is 24.9. The minimum atomic E-state index is -0.579. The van der Waals surface area contributed by atoms with Crippen LogP contribution >= 0.6 is 0 Å². The maximum Gasteiger partial charge on any atom is 0.251 e. The van der Waals surface area contributed by atoms with E-state index in [0.717, 1.165) is 29.7 Å². The van der Waals surface area contributed by atoms with E-state index < -0.39 is 6.04 Å². The Balaban J connectivity index is 1.73. The van der Waals surface area contributed by atoms with Gasteiger partial charge in [-0.3, -0.25) is 19.3 Å². The lowest BCUT2D eigenvalue weighted by atomic mass is 9.82. The lowest BCUT2D eigenvalue weighted by Crippen LogP contribution is -2.53. The van der Waals surface area contributed by atoms with Crippen molar-refractivity contribution >= 4 is 17.7 Å². The molecule has 1 fully saturated rings. The highest BCUT2D eigenvalue weighted by Crippen LogP contribution is 2.31. The number of benzene rings is 1. The first-order valence-corrected chi connectivity index (χ1v) is 7.76. The van der Waals surface area contributed by atoms with Crippen LogP contribution in [0, 0.1) is 0 Å². The summed E-state index contributed by atoms with van der Waals surface area (Å²) in [6.07, 6.45) is 3.47. The molecule has 1 saturated heterocycles. The molecule has 0 aromatic heterocycles. The highest BCUT2D eigenvalue weighted by atomic mass is 16.2. The topological polar surface area (TPSA) is 66.5 Å². The van der Waals surface area contributed by atoms with Crippen LogP contribution in [0.25, 0.3) is 0 Å². The average molecular weight is 300 g/mol. The number of hydrogen-bond donors (Lipinski definition) is 1. The zero-order chi connectivity index (χ0) is 15.7. The van der Waals surface area contributed by atoms with Crippen LogP contribution in [0.3, 0.4) is 0 Å². The van der Waals surface area contributed by atoms with Gasteiger partial charge in [0.15, 0.2) is 0 Å². The molecule has 5 nitrogen and oxygen atoms in total. The number of likely N-dealkylation sites (tertiary alicyclic amines) is 1. The van der Waals surface area contributed by atoms with Crippen molar-refractivity contribution in [1.82, 2.24) is 10.2 Å². The van der Waals surface area contributed by atoms with E-state index in [1.165, 1.54) is 12.6 Å². The van der Waals surface area contributed by atoms with E-state index in [1.807, 2.05) is 18.2 Å². The van der Waals surface area contributed by atoms with Crippen LogP contribution in [0.4, 0.5) is 0 Å². The number of likely N-dealkylation sites (N-methyl/N-ethyl adjacent to an activating group) is 1. The van der Waals surface area contributed by atoms with Crippen molar-refractivity contribution in [3.05, 3.63) is 35.4 Å². The van der Waals surface area contributed by atoms with E-state index in [2.05, 4.69) is 11.4 Å². The summed E-state index contributed by atoms with van der Waals surface area (Å²) in [4.78, 5) is 37.3. The summed E-state index contributed by atoms with van der Waals surface area (Å²) in [6, 6.07) is 7.42. The van der Waals surface area contributed by atoms with Gasteiger partial charge in [-0.25, -0.2) is 0 Å². The maximum atomic E-state index is 12.6. The summed E-state index contributed by atoms with van der Waals surface area (Å²) in [5.41, 5.74) is 2.29. The minimum Gasteiger partial charge on any atom is -0.344 e. The standard InChI is InChI=1S/C17H20N2O3/c1-19-15(20)10-9-14(17(19)22)18-16(21)13-8-4-6-11-5-2-3-7-12(11)13/h2-3,5,7,13-14H,4,6,8-10H2,1H3,(H,18,21)/t13-,14?/m0/s1. The van der Waals surface area contributed by atoms with E-state index in [1.54, 1.807) is 0 Å². The lowest BCUT2D eigenvalue weighted by molar-refractivity contribution is -0.149. The molecular weight excluding hydrogens is 280 g/mol. The van der Waals surface area contributed by atoms with Crippen LogP contribution < -0.4 is 5.32 Å². The van der Waals surface area contributed by atoms with Gasteiger partial charge in [-0.2, -0.15) is 0 Å². The molecule has 1 unspecified atom stereocenters. The Morgan fingerprint density at radius 2 is 1.95 bits per heavy atom. The number of imide groups is 1. The highest BCUT2D eigenvalue weighted by molar-refractivity contribution is 6.01. The van der Waals surface area contributed by atoms with Gasteiger partial charge in [-0.15, -0.1) is 0 Å². The third kappa shape index (κ3) is 2.63. The number of hydrogen-bond acceptors (Lipinski definition) is 3. The van der Waals surface area contributed by atoms with Gasteiger partial charge >= 0.3 is 0 Å². The van der Waals surface area contributed by atoms with Crippen LogP contribution in [-0.4, -0.2) is 35.7 Å². The number of nitrogens with zero attached hydrogens (tertiary/aromatic N) is 1. The molecule has 1 aliphatic heterocycles. The summed E-state index contributed by atoms with van der Waals surface area (Å²) in [5.74, 6) is -0.791. The Hall–Kier alpha value is -2.17. The average Bonchev–Trinajstić information content (AvgIpc) is 2.55. The van der Waals surface area contributed by atoms with Crippen LogP contribution in [-0.2, 0) is 20.8 Å². The van der Waals surface area contributed by atoms with Gasteiger partial charge in [0.05, 0.1) is 5.92 Å². The largest absolute Gasteiger partial charge is 0.344 e. The third-order valence-electron chi connectivity index (χ3n) is 4.65. The van der Waals surface area contributed by atoms with Crippen LogP contribution in [0.1, 0.15) is 42.7 Å². The van der Waals surface area contributed by atoms with E-state index in [0.29, 0.717) is 12.8 Å². The Bertz CT molecular complexity index is 626. The fraction of sp³-hybridized carbons (Fsp3) is 0.471. The van der Waals surface area contributed by atoms with Gasteiger partial charge < -0.3 is 5.32 Å². The summed E-state index contributed by atoms with van der Waals surface area (Å²) in [7, 11) is 1.47. The van der Waals surface area contributed by atoms with Crippen LogP contribution in [0.2, 0.25) is 0 Å². The quantitative estimate of drug-likeness (QED) is 0.839. The van der Waals surface area contributed by atoms with Gasteiger partial charge in [0, 0.05) is 13.5 Å². The number of aryl methyl sites for hydroxylation is 1. The SMILES string of the molecule is CN1C(=O)CCC(NC(=O)[C@H]2CCCc3ccccc32)C1=O. The first-order chi connectivity index (χ1) is 10.6. The number of carbonyl (C=O) groups excluding carboxylic acids is 3. The fourth-order valence-electron chi connectivity index (χ4n) is 3.35. The maximum absolute atomic E-state index is 12.6. The van der Waals surface area contributed by atoms with Crippen molar-refractivity contribution in [2.45, 2.75) is 44.1 Å². The molecule has 1 aromatic rings. The second-order valence-electron chi connectivity index (χ2n) is 6.03. The molecule has 0 spiro atoms. The van der Waals surface area contributed by atoms with Crippen LogP contribution in [0.5, 0.6) is 0 Å². The molecule has 1 heterocycles. The van der Waals surface area contributed by atoms with Crippen molar-refractivity contribution in [2.24, 2.45) is 0 Å². The van der Waals surface area contributed by atoms with Gasteiger partial charge in [-0.1, -0.05) is 24.3 Å². The monoisotopic (exact) mass is 300 g/mol. The van der Waals surface area contributed by atoms with Crippen molar-refractivity contribution in [1.29, 1.82) is 0 Å². The molecule has 3 amide bonds. The number of nitrogens with one attached hydrogen (secondary N) is 1. The summed E-state index contributed by atoms with van der Waals surface area (Å²) in [5, 5.41) is 2.85. The summed E-state index contributed by atoms with van der Waals surface area (Å²) >= 11 is 0. The van der Waals surface area contributed by atoms with E-state index >= 15 is 0 Å². The zero-order valence-electron chi connectivity index (χ0n) is 12.7. The van der Waals surface area contributed by atoms with Gasteiger partial charge in [0.25, 0.3) is 5.91 Å². The molecule has 2 aliphatic rings. The third-order valence-corrected chi connectivity index (χ3v) is 4.65. The Labute approximate surface area is 129 Å². The smallest absolute Gasteiger partial charge is 0.251 e. The summed E-state index contributed by atoms with van der Waals surface area (Å²) < 4.78 is 0. The first kappa shape index (κ1) is 14.8. The Morgan fingerprint density at radius 1 is 1.18 bits per heavy atom. The number of piperidine rings is 1. The molecule has 0 radical (unpaired) electrons. The molecule has 0 bridgehead atoms. The number of rotatable bonds is 2. The second kappa shape index (κ2) is 5.91. The van der Waals surface area contributed by atoms with E-state index in [9.17, 15) is 14.4 Å². The summed E-state index contributed by atoms with van der Waals surface area (Å²) in [6.45, 7) is 0. The van der Waals surface area contributed by atoms with Gasteiger partial charge in [-0.05, 0) is 36.8 Å². The Kier molecular flexibility index (Phi) is 3.96. The molecule has 1 aromatic carbocycles. The number of carbonyl (C=O) groups is 3. The van der Waals surface area contributed by atoms with Gasteiger partial charge in [0.1, 0.15) is 6.04 Å². The predicted molar refractivity (Wildman–Crippen MR) is 81.1 cm³/mol. The molecule has 2 atom stereocenters. The predicted octanol–water partition coefficient (Wildman–Crippen LogP) is 1.37. The molecule has 3 rings (SSSR count). The first-order valence-electron chi connectivity index (χ1n) is 7.76. The van der Waals surface area contributed by atoms with E-state index in [4.69, 9.17) is 0 Å². The van der Waals surface area contributed by atoms with Gasteiger partial charge in [0.2, 0.25) is 11.8 Å². The van der Waals surface area contributed by atoms with Crippen molar-refractivity contribution in [3.8, 4) is 0 Å². The van der Waals surface area contributed by atoms with Crippen molar-refractivity contribution in [2.75, 3.05) is 7.05 Å². The lowest BCUT2D eigenvalue weighted by Gasteiger charge is -2.31. The number of fused-ring (bicyclic) bond motifs is 1. The van der Waals surface area contributed by atoms with E-state index in [-0.39, 0.29) is 23.6 Å². The molecular formula is C17H20N2O3. The molecule has 116 valence electrons. The van der Waals surface area contributed by atoms with Crippen molar-refractivity contribution < 1.29 is 14.4 Å². The molecule has 1 N–H and O–H groups in total. The zero-order valence-corrected chi connectivity index (χ0v) is 12.7. The Morgan fingerprint density at radius 3 is 2.77 bits per heavy atom. The second-order valence-corrected chi connectivity index (χ2v) is 6.03.